The fourth-order valence-electron chi connectivity index (χ4n) is 2.75. The summed E-state index contributed by atoms with van der Waals surface area (Å²) in [6.45, 7) is 2.93. The summed E-state index contributed by atoms with van der Waals surface area (Å²) < 4.78 is 40.6. The number of nitrogens with two attached hydrogens (primary N) is 1. The number of carbonyl (C=O) groups is 5. The molecule has 1 fully saturated rings. The molecule has 0 aromatic carbocycles. The molecule has 0 bridgehead atoms. The van der Waals surface area contributed by atoms with Gasteiger partial charge in [-0.1, -0.05) is 13.8 Å². The molecule has 1 aliphatic rings. The summed E-state index contributed by atoms with van der Waals surface area (Å²) in [4.78, 5) is 59.4. The number of ether oxygens (including phenoxy) is 1. The third-order valence-corrected chi connectivity index (χ3v) is 4.19. The van der Waals surface area contributed by atoms with Crippen LogP contribution in [0.2, 0.25) is 0 Å². The third-order valence-electron chi connectivity index (χ3n) is 4.19. The highest BCUT2D eigenvalue weighted by Crippen LogP contribution is 2.21. The minimum absolute atomic E-state index is 0.119. The van der Waals surface area contributed by atoms with E-state index in [4.69, 9.17) is 10.8 Å². The van der Waals surface area contributed by atoms with Crippen molar-refractivity contribution in [2.75, 3.05) is 6.54 Å². The molecule has 1 rings (SSSR count). The Kier molecular flexibility index (Phi) is 8.12. The number of rotatable bonds is 7. The van der Waals surface area contributed by atoms with Gasteiger partial charge < -0.3 is 25.8 Å². The van der Waals surface area contributed by atoms with Crippen LogP contribution in [0.15, 0.2) is 0 Å². The molecule has 0 unspecified atom stereocenters. The van der Waals surface area contributed by atoms with E-state index in [0.717, 1.165) is 4.90 Å². The van der Waals surface area contributed by atoms with E-state index in [2.05, 4.69) is 10.1 Å². The van der Waals surface area contributed by atoms with E-state index in [9.17, 15) is 37.1 Å². The van der Waals surface area contributed by atoms with Crippen LogP contribution in [0.5, 0.6) is 0 Å². The summed E-state index contributed by atoms with van der Waals surface area (Å²) in [6, 6.07) is -4.04. The van der Waals surface area contributed by atoms with Crippen molar-refractivity contribution in [2.45, 2.75) is 57.4 Å². The predicted molar refractivity (Wildman–Crippen MR) is 88.9 cm³/mol. The first-order chi connectivity index (χ1) is 13.3. The summed E-state index contributed by atoms with van der Waals surface area (Å²) in [5.41, 5.74) is 5.53. The highest BCUT2D eigenvalue weighted by Gasteiger charge is 2.44. The van der Waals surface area contributed by atoms with Gasteiger partial charge in [-0.05, 0) is 18.8 Å². The van der Waals surface area contributed by atoms with Crippen LogP contribution in [0.3, 0.4) is 0 Å². The molecule has 1 saturated heterocycles. The lowest BCUT2D eigenvalue weighted by molar-refractivity contribution is -0.202. The molecule has 0 spiro atoms. The zero-order valence-corrected chi connectivity index (χ0v) is 15.7. The second-order valence-electron chi connectivity index (χ2n) is 6.83. The molecule has 0 aromatic rings. The molecule has 164 valence electrons. The summed E-state index contributed by atoms with van der Waals surface area (Å²) in [7, 11) is 0. The average molecular weight is 425 g/mol. The zero-order chi connectivity index (χ0) is 22.5. The number of hydrogen-bond acceptors (Lipinski definition) is 7. The number of nitrogens with zero attached hydrogens (tertiary/aromatic N) is 1. The van der Waals surface area contributed by atoms with Crippen molar-refractivity contribution in [2.24, 2.45) is 11.7 Å². The van der Waals surface area contributed by atoms with Crippen molar-refractivity contribution in [1.82, 2.24) is 10.2 Å². The van der Waals surface area contributed by atoms with Crippen LogP contribution in [0.25, 0.3) is 0 Å². The molecule has 29 heavy (non-hydrogen) atoms. The van der Waals surface area contributed by atoms with E-state index >= 15 is 0 Å². The summed E-state index contributed by atoms with van der Waals surface area (Å²) in [5, 5.41) is 10.9. The van der Waals surface area contributed by atoms with Crippen LogP contribution in [0.4, 0.5) is 13.2 Å². The van der Waals surface area contributed by atoms with Gasteiger partial charge in [0, 0.05) is 6.54 Å². The van der Waals surface area contributed by atoms with Crippen molar-refractivity contribution in [3.8, 4) is 0 Å². The van der Waals surface area contributed by atoms with E-state index in [-0.39, 0.29) is 13.0 Å². The standard InChI is InChI=1S/C16H22F3N3O7/c1-7(2)11(14(27)29-15(28)16(17,18)19)21-12(25)9-4-3-5-22(9)13(26)8(20)6-10(23)24/h7-9,11H,3-6,20H2,1-2H3,(H,21,25)(H,23,24)/t8-,9-,11-/m0/s1. The Bertz CT molecular complexity index is 681. The van der Waals surface area contributed by atoms with E-state index in [1.165, 1.54) is 13.8 Å². The van der Waals surface area contributed by atoms with E-state index in [1.807, 2.05) is 0 Å². The van der Waals surface area contributed by atoms with Crippen LogP contribution in [0, 0.1) is 5.92 Å². The molecule has 0 aromatic heterocycles. The van der Waals surface area contributed by atoms with Crippen molar-refractivity contribution >= 4 is 29.7 Å². The van der Waals surface area contributed by atoms with Gasteiger partial charge in [-0.25, -0.2) is 9.59 Å². The normalized spacial score (nSPS) is 18.9. The van der Waals surface area contributed by atoms with Crippen molar-refractivity contribution in [1.29, 1.82) is 0 Å². The number of carboxylic acids is 1. The van der Waals surface area contributed by atoms with E-state index < -0.39 is 66.4 Å². The molecule has 13 heteroatoms. The lowest BCUT2D eigenvalue weighted by Crippen LogP contribution is -2.55. The SMILES string of the molecule is CC(C)[C@H](NC(=O)[C@@H]1CCCN1C(=O)[C@@H](N)CC(=O)O)C(=O)OC(=O)C(F)(F)F. The second kappa shape index (κ2) is 9.67. The number of carbonyl (C=O) groups excluding carboxylic acids is 4. The van der Waals surface area contributed by atoms with Crippen molar-refractivity contribution in [3.05, 3.63) is 0 Å². The molecule has 4 N–H and O–H groups in total. The summed E-state index contributed by atoms with van der Waals surface area (Å²) >= 11 is 0. The van der Waals surface area contributed by atoms with Crippen molar-refractivity contribution in [3.63, 3.8) is 0 Å². The molecule has 1 heterocycles. The maximum atomic E-state index is 12.5. The van der Waals surface area contributed by atoms with Gasteiger partial charge >= 0.3 is 24.1 Å². The number of likely N-dealkylation sites (tertiary alicyclic amines) is 1. The first-order valence-corrected chi connectivity index (χ1v) is 8.66. The average Bonchev–Trinajstić information content (AvgIpc) is 3.06. The van der Waals surface area contributed by atoms with E-state index in [0.29, 0.717) is 6.42 Å². The Labute approximate surface area is 163 Å². The number of halogens is 3. The molecule has 2 amide bonds. The highest BCUT2D eigenvalue weighted by molar-refractivity contribution is 5.96. The Balaban J connectivity index is 2.86. The number of esters is 2. The summed E-state index contributed by atoms with van der Waals surface area (Å²) in [5.74, 6) is -7.96. The maximum Gasteiger partial charge on any atom is 0.491 e. The molecular weight excluding hydrogens is 403 g/mol. The fraction of sp³-hybridized carbons (Fsp3) is 0.688. The van der Waals surface area contributed by atoms with Crippen LogP contribution in [0.1, 0.15) is 33.1 Å². The smallest absolute Gasteiger partial charge is 0.481 e. The topological polar surface area (TPSA) is 156 Å². The molecule has 0 aliphatic carbocycles. The maximum absolute atomic E-state index is 12.5. The van der Waals surface area contributed by atoms with E-state index in [1.54, 1.807) is 0 Å². The molecule has 0 radical (unpaired) electrons. The Morgan fingerprint density at radius 1 is 1.24 bits per heavy atom. The Hall–Kier alpha value is -2.70. The number of hydrogen-bond donors (Lipinski definition) is 3. The number of alkyl halides is 3. The molecule has 1 aliphatic heterocycles. The third kappa shape index (κ3) is 6.69. The number of aliphatic carboxylic acids is 1. The first kappa shape index (κ1) is 24.3. The van der Waals surface area contributed by atoms with Gasteiger partial charge in [-0.3, -0.25) is 14.4 Å². The molecule has 0 saturated carbocycles. The van der Waals surface area contributed by atoms with Crippen LogP contribution >= 0.6 is 0 Å². The molecule has 3 atom stereocenters. The predicted octanol–water partition coefficient (Wildman–Crippen LogP) is -0.448. The van der Waals surface area contributed by atoms with Crippen LogP contribution in [-0.2, 0) is 28.7 Å². The minimum Gasteiger partial charge on any atom is -0.481 e. The number of nitrogens with one attached hydrogen (secondary N) is 1. The molecule has 10 nitrogen and oxygen atoms in total. The van der Waals surface area contributed by atoms with Gasteiger partial charge in [0.05, 0.1) is 12.5 Å². The molecular formula is C16H22F3N3O7. The van der Waals surface area contributed by atoms with Gasteiger partial charge in [0.15, 0.2) is 0 Å². The minimum atomic E-state index is -5.38. The quantitative estimate of drug-likeness (QED) is 0.366. The Morgan fingerprint density at radius 2 is 1.83 bits per heavy atom. The first-order valence-electron chi connectivity index (χ1n) is 8.66. The number of carboxylic acid groups (broad SMARTS) is 1. The van der Waals surface area contributed by atoms with Crippen molar-refractivity contribution < 1.29 is 47.0 Å². The number of amides is 2. The van der Waals surface area contributed by atoms with Crippen LogP contribution < -0.4 is 11.1 Å². The fourth-order valence-corrected chi connectivity index (χ4v) is 2.75. The largest absolute Gasteiger partial charge is 0.491 e. The monoisotopic (exact) mass is 425 g/mol. The highest BCUT2D eigenvalue weighted by atomic mass is 19.4. The van der Waals surface area contributed by atoms with Gasteiger partial charge in [0.2, 0.25) is 11.8 Å². The lowest BCUT2D eigenvalue weighted by atomic mass is 10.0. The Morgan fingerprint density at radius 3 is 2.31 bits per heavy atom. The zero-order valence-electron chi connectivity index (χ0n) is 15.7. The van der Waals surface area contributed by atoms with Gasteiger partial charge in [-0.15, -0.1) is 0 Å². The second-order valence-corrected chi connectivity index (χ2v) is 6.83. The van der Waals surface area contributed by atoms with Gasteiger partial charge in [0.1, 0.15) is 12.1 Å². The van der Waals surface area contributed by atoms with Gasteiger partial charge in [-0.2, -0.15) is 13.2 Å². The summed E-state index contributed by atoms with van der Waals surface area (Å²) in [6.07, 6.45) is -5.45. The van der Waals surface area contributed by atoms with Gasteiger partial charge in [0.25, 0.3) is 0 Å². The lowest BCUT2D eigenvalue weighted by Gasteiger charge is -2.28. The van der Waals surface area contributed by atoms with Crippen LogP contribution in [-0.4, -0.2) is 70.6 Å².